The fourth-order valence-electron chi connectivity index (χ4n) is 2.91. The van der Waals surface area contributed by atoms with E-state index in [0.717, 1.165) is 19.3 Å². The van der Waals surface area contributed by atoms with Gasteiger partial charge in [-0.3, -0.25) is 4.79 Å². The molecule has 2 rings (SSSR count). The van der Waals surface area contributed by atoms with Gasteiger partial charge in [0.05, 0.1) is 26.7 Å². The third kappa shape index (κ3) is 4.04. The lowest BCUT2D eigenvalue weighted by atomic mass is 9.90. The van der Waals surface area contributed by atoms with Crippen molar-refractivity contribution in [3.8, 4) is 0 Å². The Balaban J connectivity index is 2.00. The summed E-state index contributed by atoms with van der Waals surface area (Å²) in [7, 11) is 1.42. The van der Waals surface area contributed by atoms with Crippen LogP contribution >= 0.6 is 0 Å². The van der Waals surface area contributed by atoms with Crippen LogP contribution < -0.4 is 5.32 Å². The zero-order valence-corrected chi connectivity index (χ0v) is 12.4. The van der Waals surface area contributed by atoms with E-state index < -0.39 is 5.79 Å². The van der Waals surface area contributed by atoms with Gasteiger partial charge in [-0.25, -0.2) is 0 Å². The van der Waals surface area contributed by atoms with Gasteiger partial charge in [-0.2, -0.15) is 0 Å². The van der Waals surface area contributed by atoms with Crippen molar-refractivity contribution in [1.82, 2.24) is 5.32 Å². The number of nitrogens with one attached hydrogen (secondary N) is 1. The summed E-state index contributed by atoms with van der Waals surface area (Å²) >= 11 is 0. The van der Waals surface area contributed by atoms with Crippen molar-refractivity contribution in [3.05, 3.63) is 12.2 Å². The maximum absolute atomic E-state index is 11.5. The van der Waals surface area contributed by atoms with Gasteiger partial charge in [-0.1, -0.05) is 25.5 Å². The minimum absolute atomic E-state index is 0.0329. The van der Waals surface area contributed by atoms with E-state index in [4.69, 9.17) is 14.2 Å². The molecule has 0 aliphatic carbocycles. The monoisotopic (exact) mass is 283 g/mol. The Bertz CT molecular complexity index is 350. The van der Waals surface area contributed by atoms with Crippen LogP contribution in [0.1, 0.15) is 39.0 Å². The number of ether oxygens (including phenoxy) is 3. The number of allylic oxidation sites excluding steroid dienone is 1. The highest BCUT2D eigenvalue weighted by Gasteiger charge is 2.44. The Morgan fingerprint density at radius 2 is 2.15 bits per heavy atom. The van der Waals surface area contributed by atoms with Crippen LogP contribution in [0.15, 0.2) is 12.2 Å². The van der Waals surface area contributed by atoms with Crippen molar-refractivity contribution in [2.75, 3.05) is 20.3 Å². The first kappa shape index (κ1) is 15.5. The van der Waals surface area contributed by atoms with E-state index in [1.165, 1.54) is 7.11 Å². The second kappa shape index (κ2) is 7.20. The Hall–Kier alpha value is -0.910. The Morgan fingerprint density at radius 1 is 1.40 bits per heavy atom. The van der Waals surface area contributed by atoms with Crippen LogP contribution in [0.5, 0.6) is 0 Å². The highest BCUT2D eigenvalue weighted by atomic mass is 16.7. The number of carbonyl (C=O) groups excluding carboxylic acids is 1. The first-order chi connectivity index (χ1) is 9.67. The molecule has 20 heavy (non-hydrogen) atoms. The van der Waals surface area contributed by atoms with Gasteiger partial charge in [-0.05, 0) is 6.42 Å². The molecule has 2 atom stereocenters. The molecule has 0 aromatic carbocycles. The predicted molar refractivity (Wildman–Crippen MR) is 75.3 cm³/mol. The summed E-state index contributed by atoms with van der Waals surface area (Å²) in [5.41, 5.74) is 0. The van der Waals surface area contributed by atoms with Crippen LogP contribution in [0, 0.1) is 0 Å². The maximum Gasteiger partial charge on any atom is 0.307 e. The van der Waals surface area contributed by atoms with Crippen molar-refractivity contribution in [3.63, 3.8) is 0 Å². The lowest BCUT2D eigenvalue weighted by Crippen LogP contribution is -2.54. The van der Waals surface area contributed by atoms with Crippen LogP contribution in [-0.4, -0.2) is 44.2 Å². The fourth-order valence-corrected chi connectivity index (χ4v) is 2.91. The molecular formula is C15H25NO4. The van der Waals surface area contributed by atoms with E-state index in [-0.39, 0.29) is 18.1 Å². The van der Waals surface area contributed by atoms with Gasteiger partial charge in [0.15, 0.2) is 5.79 Å². The average Bonchev–Trinajstić information content (AvgIpc) is 2.86. The summed E-state index contributed by atoms with van der Waals surface area (Å²) in [5, 5.41) is 3.48. The summed E-state index contributed by atoms with van der Waals surface area (Å²) < 4.78 is 16.4. The smallest absolute Gasteiger partial charge is 0.307 e. The van der Waals surface area contributed by atoms with E-state index >= 15 is 0 Å². The molecule has 0 aromatic rings. The molecule has 2 aliphatic rings. The summed E-state index contributed by atoms with van der Waals surface area (Å²) in [6.45, 7) is 3.43. The first-order valence-electron chi connectivity index (χ1n) is 7.45. The molecule has 0 radical (unpaired) electrons. The van der Waals surface area contributed by atoms with Gasteiger partial charge in [0.1, 0.15) is 0 Å². The lowest BCUT2D eigenvalue weighted by Gasteiger charge is -2.40. The molecule has 2 aliphatic heterocycles. The van der Waals surface area contributed by atoms with Gasteiger partial charge in [0, 0.05) is 24.9 Å². The van der Waals surface area contributed by atoms with Gasteiger partial charge < -0.3 is 19.5 Å². The molecule has 0 amide bonds. The van der Waals surface area contributed by atoms with Crippen molar-refractivity contribution in [1.29, 1.82) is 0 Å². The highest BCUT2D eigenvalue weighted by molar-refractivity contribution is 5.70. The number of methoxy groups -OCH3 is 1. The maximum atomic E-state index is 11.5. The van der Waals surface area contributed by atoms with E-state index in [0.29, 0.717) is 26.1 Å². The molecule has 5 heteroatoms. The molecule has 0 unspecified atom stereocenters. The number of piperidine rings is 1. The zero-order valence-electron chi connectivity index (χ0n) is 12.4. The summed E-state index contributed by atoms with van der Waals surface area (Å²) in [6.07, 6.45) is 8.39. The van der Waals surface area contributed by atoms with Gasteiger partial charge in [0.2, 0.25) is 0 Å². The van der Waals surface area contributed by atoms with Crippen molar-refractivity contribution in [2.24, 2.45) is 0 Å². The van der Waals surface area contributed by atoms with Crippen molar-refractivity contribution < 1.29 is 19.0 Å². The normalized spacial score (nSPS) is 29.1. The van der Waals surface area contributed by atoms with E-state index in [9.17, 15) is 4.79 Å². The standard InChI is InChI=1S/C15H25NO4/c1-3-4-5-6-12-10-15(19-7-8-20-15)11-13(16-12)9-14(17)18-2/h5-6,12-13,16H,3-4,7-11H2,1-2H3/b6-5+/t12-,13+/m0/s1. The molecule has 2 heterocycles. The van der Waals surface area contributed by atoms with Crippen LogP contribution in [-0.2, 0) is 19.0 Å². The zero-order chi connectivity index (χ0) is 14.4. The minimum atomic E-state index is -0.523. The Morgan fingerprint density at radius 3 is 2.80 bits per heavy atom. The molecule has 114 valence electrons. The quantitative estimate of drug-likeness (QED) is 0.615. The summed E-state index contributed by atoms with van der Waals surface area (Å²) in [4.78, 5) is 11.5. The number of carbonyl (C=O) groups is 1. The molecule has 1 N–H and O–H groups in total. The second-order valence-corrected chi connectivity index (χ2v) is 5.48. The second-order valence-electron chi connectivity index (χ2n) is 5.48. The first-order valence-corrected chi connectivity index (χ1v) is 7.45. The van der Waals surface area contributed by atoms with Crippen molar-refractivity contribution >= 4 is 5.97 Å². The number of rotatable bonds is 5. The molecule has 1 spiro atoms. The van der Waals surface area contributed by atoms with Gasteiger partial charge in [0.25, 0.3) is 0 Å². The summed E-state index contributed by atoms with van der Waals surface area (Å²) in [5.74, 6) is -0.723. The molecule has 0 bridgehead atoms. The highest BCUT2D eigenvalue weighted by Crippen LogP contribution is 2.34. The molecular weight excluding hydrogens is 258 g/mol. The van der Waals surface area contributed by atoms with Crippen LogP contribution in [0.3, 0.4) is 0 Å². The molecule has 2 saturated heterocycles. The number of hydrogen-bond donors (Lipinski definition) is 1. The van der Waals surface area contributed by atoms with Gasteiger partial charge >= 0.3 is 5.97 Å². The molecule has 5 nitrogen and oxygen atoms in total. The number of esters is 1. The lowest BCUT2D eigenvalue weighted by molar-refractivity contribution is -0.186. The van der Waals surface area contributed by atoms with Crippen LogP contribution in [0.25, 0.3) is 0 Å². The number of unbranched alkanes of at least 4 members (excludes halogenated alkanes) is 1. The average molecular weight is 283 g/mol. The van der Waals surface area contributed by atoms with Crippen LogP contribution in [0.2, 0.25) is 0 Å². The molecule has 0 saturated carbocycles. The van der Waals surface area contributed by atoms with E-state index in [2.05, 4.69) is 24.4 Å². The van der Waals surface area contributed by atoms with Crippen molar-refractivity contribution in [2.45, 2.75) is 56.9 Å². The minimum Gasteiger partial charge on any atom is -0.469 e. The Kier molecular flexibility index (Phi) is 5.57. The predicted octanol–water partition coefficient (Wildman–Crippen LogP) is 1.77. The molecule has 0 aromatic heterocycles. The van der Waals surface area contributed by atoms with E-state index in [1.54, 1.807) is 0 Å². The summed E-state index contributed by atoms with van der Waals surface area (Å²) in [6, 6.07) is 0.216. The van der Waals surface area contributed by atoms with E-state index in [1.807, 2.05) is 0 Å². The van der Waals surface area contributed by atoms with Crippen LogP contribution in [0.4, 0.5) is 0 Å². The third-order valence-electron chi connectivity index (χ3n) is 3.82. The number of hydrogen-bond acceptors (Lipinski definition) is 5. The third-order valence-corrected chi connectivity index (χ3v) is 3.82. The van der Waals surface area contributed by atoms with Gasteiger partial charge in [-0.15, -0.1) is 0 Å². The SMILES string of the molecule is CCC/C=C/[C@H]1CC2(C[C@@H](CC(=O)OC)N1)OCCO2. The fraction of sp³-hybridized carbons (Fsp3) is 0.800. The molecule has 2 fully saturated rings. The Labute approximate surface area is 120 Å². The topological polar surface area (TPSA) is 56.8 Å². The largest absolute Gasteiger partial charge is 0.469 e.